The number of hydrogen-bond acceptors (Lipinski definition) is 9. The molecular formula is C23H27N7O3S. The number of nitrogen functional groups attached to an aromatic ring is 1. The molecule has 0 spiro atoms. The number of aryl methyl sites for hydroxylation is 1. The van der Waals surface area contributed by atoms with Gasteiger partial charge in [0.05, 0.1) is 19.8 Å². The number of amides is 1. The Morgan fingerprint density at radius 1 is 1.24 bits per heavy atom. The van der Waals surface area contributed by atoms with Crippen molar-refractivity contribution in [3.63, 3.8) is 0 Å². The fourth-order valence-electron chi connectivity index (χ4n) is 4.19. The number of imidazole rings is 1. The number of fused-ring (bicyclic) bond motifs is 1. The van der Waals surface area contributed by atoms with Gasteiger partial charge in [-0.1, -0.05) is 11.8 Å². The van der Waals surface area contributed by atoms with E-state index in [1.165, 1.54) is 25.2 Å². The highest BCUT2D eigenvalue weighted by Crippen LogP contribution is 2.39. The van der Waals surface area contributed by atoms with Crippen molar-refractivity contribution in [1.82, 2.24) is 24.4 Å². The number of ether oxygens (including phenoxy) is 2. The average molecular weight is 482 g/mol. The molecule has 0 radical (unpaired) electrons. The van der Waals surface area contributed by atoms with Crippen LogP contribution in [0.25, 0.3) is 11.2 Å². The van der Waals surface area contributed by atoms with E-state index in [4.69, 9.17) is 20.2 Å². The Kier molecular flexibility index (Phi) is 7.07. The van der Waals surface area contributed by atoms with E-state index in [1.807, 2.05) is 9.47 Å². The van der Waals surface area contributed by atoms with E-state index >= 15 is 0 Å². The first-order valence-electron chi connectivity index (χ1n) is 11.0. The number of nitrogens with zero attached hydrogens (tertiary/aromatic N) is 6. The SMILES string of the molecule is COc1cc(C#N)c(Sc2nc3c(N)ncnc3n2CCC2CCN(C(C)=O)CC2)cc1OC. The normalized spacial score (nSPS) is 14.2. The number of rotatable bonds is 7. The van der Waals surface area contributed by atoms with Crippen LogP contribution in [-0.2, 0) is 11.3 Å². The number of carbonyl (C=O) groups is 1. The quantitative estimate of drug-likeness (QED) is 0.540. The number of nitriles is 1. The fraction of sp³-hybridized carbons (Fsp3) is 0.435. The summed E-state index contributed by atoms with van der Waals surface area (Å²) in [5.41, 5.74) is 7.75. The summed E-state index contributed by atoms with van der Waals surface area (Å²) >= 11 is 1.36. The van der Waals surface area contributed by atoms with Crippen LogP contribution in [0, 0.1) is 17.2 Å². The van der Waals surface area contributed by atoms with Crippen molar-refractivity contribution in [2.45, 2.75) is 42.8 Å². The number of nitrogens with two attached hydrogens (primary N) is 1. The van der Waals surface area contributed by atoms with E-state index in [0.717, 1.165) is 32.4 Å². The Labute approximate surface area is 202 Å². The third kappa shape index (κ3) is 4.72. The first-order valence-corrected chi connectivity index (χ1v) is 11.8. The Hall–Kier alpha value is -3.52. The lowest BCUT2D eigenvalue weighted by molar-refractivity contribution is -0.130. The zero-order chi connectivity index (χ0) is 24.2. The molecule has 1 saturated heterocycles. The van der Waals surface area contributed by atoms with Crippen LogP contribution < -0.4 is 15.2 Å². The highest BCUT2D eigenvalue weighted by molar-refractivity contribution is 7.99. The molecule has 2 N–H and O–H groups in total. The van der Waals surface area contributed by atoms with Crippen LogP contribution in [-0.4, -0.2) is 57.6 Å². The van der Waals surface area contributed by atoms with Crippen LogP contribution in [0.5, 0.6) is 11.5 Å². The fourth-order valence-corrected chi connectivity index (χ4v) is 5.19. The van der Waals surface area contributed by atoms with Crippen molar-refractivity contribution < 1.29 is 14.3 Å². The van der Waals surface area contributed by atoms with Crippen LogP contribution in [0.1, 0.15) is 31.7 Å². The second-order valence-electron chi connectivity index (χ2n) is 8.13. The first-order chi connectivity index (χ1) is 16.4. The number of piperidine rings is 1. The molecule has 1 aromatic carbocycles. The molecule has 0 atom stereocenters. The molecule has 1 fully saturated rings. The summed E-state index contributed by atoms with van der Waals surface area (Å²) < 4.78 is 12.8. The number of benzene rings is 1. The van der Waals surface area contributed by atoms with Gasteiger partial charge in [0.1, 0.15) is 12.4 Å². The summed E-state index contributed by atoms with van der Waals surface area (Å²) in [4.78, 5) is 27.5. The molecule has 2 aromatic heterocycles. The van der Waals surface area contributed by atoms with Crippen LogP contribution >= 0.6 is 11.8 Å². The van der Waals surface area contributed by atoms with Gasteiger partial charge in [0.15, 0.2) is 33.6 Å². The number of hydrogen-bond donors (Lipinski definition) is 1. The van der Waals surface area contributed by atoms with E-state index < -0.39 is 0 Å². The number of carbonyl (C=O) groups excluding carboxylic acids is 1. The molecule has 3 aromatic rings. The minimum Gasteiger partial charge on any atom is -0.493 e. The van der Waals surface area contributed by atoms with Crippen LogP contribution in [0.4, 0.5) is 5.82 Å². The van der Waals surface area contributed by atoms with Gasteiger partial charge in [-0.05, 0) is 31.2 Å². The summed E-state index contributed by atoms with van der Waals surface area (Å²) in [7, 11) is 3.09. The lowest BCUT2D eigenvalue weighted by atomic mass is 9.93. The molecule has 4 rings (SSSR count). The lowest BCUT2D eigenvalue weighted by Gasteiger charge is -2.31. The van der Waals surface area contributed by atoms with Crippen molar-refractivity contribution in [2.24, 2.45) is 5.92 Å². The highest BCUT2D eigenvalue weighted by Gasteiger charge is 2.23. The standard InChI is InChI=1S/C23H27N7O3S/c1-14(31)29-7-4-15(5-8-29)6-9-30-22-20(21(25)26-13-27-22)28-23(30)34-19-11-18(33-3)17(32-2)10-16(19)12-24/h10-11,13,15H,4-9H2,1-3H3,(H2,25,26,27). The topological polar surface area (TPSA) is 132 Å². The summed E-state index contributed by atoms with van der Waals surface area (Å²) in [6.45, 7) is 3.89. The number of methoxy groups -OCH3 is 2. The van der Waals surface area contributed by atoms with E-state index in [9.17, 15) is 10.1 Å². The Morgan fingerprint density at radius 2 is 1.94 bits per heavy atom. The van der Waals surface area contributed by atoms with Gasteiger partial charge in [-0.25, -0.2) is 15.0 Å². The molecule has 1 aliphatic heterocycles. The van der Waals surface area contributed by atoms with E-state index in [-0.39, 0.29) is 5.91 Å². The molecule has 0 bridgehead atoms. The zero-order valence-corrected chi connectivity index (χ0v) is 20.3. The highest BCUT2D eigenvalue weighted by atomic mass is 32.2. The molecule has 34 heavy (non-hydrogen) atoms. The predicted octanol–water partition coefficient (Wildman–Crippen LogP) is 3.10. The van der Waals surface area contributed by atoms with Gasteiger partial charge in [-0.3, -0.25) is 4.79 Å². The summed E-state index contributed by atoms with van der Waals surface area (Å²) in [5.74, 6) is 1.97. The maximum Gasteiger partial charge on any atom is 0.219 e. The Morgan fingerprint density at radius 3 is 2.59 bits per heavy atom. The molecule has 178 valence electrons. The van der Waals surface area contributed by atoms with Crippen molar-refractivity contribution in [2.75, 3.05) is 33.0 Å². The van der Waals surface area contributed by atoms with Crippen LogP contribution in [0.15, 0.2) is 28.5 Å². The molecule has 1 aliphatic rings. The van der Waals surface area contributed by atoms with Crippen molar-refractivity contribution >= 4 is 34.7 Å². The third-order valence-electron chi connectivity index (χ3n) is 6.15. The van der Waals surface area contributed by atoms with E-state index in [1.54, 1.807) is 26.2 Å². The first kappa shape index (κ1) is 23.6. The number of anilines is 1. The Bertz CT molecular complexity index is 1250. The van der Waals surface area contributed by atoms with E-state index in [0.29, 0.717) is 56.6 Å². The monoisotopic (exact) mass is 481 g/mol. The van der Waals surface area contributed by atoms with Gasteiger partial charge in [0.2, 0.25) is 5.91 Å². The molecule has 11 heteroatoms. The molecule has 3 heterocycles. The predicted molar refractivity (Wildman–Crippen MR) is 128 cm³/mol. The maximum absolute atomic E-state index is 11.6. The summed E-state index contributed by atoms with van der Waals surface area (Å²) in [5, 5.41) is 10.4. The van der Waals surface area contributed by atoms with Crippen molar-refractivity contribution in [1.29, 1.82) is 5.26 Å². The molecular weight excluding hydrogens is 454 g/mol. The van der Waals surface area contributed by atoms with Crippen molar-refractivity contribution in [3.8, 4) is 17.6 Å². The van der Waals surface area contributed by atoms with Crippen molar-refractivity contribution in [3.05, 3.63) is 24.0 Å². The second kappa shape index (κ2) is 10.2. The maximum atomic E-state index is 11.6. The Balaban J connectivity index is 1.64. The molecule has 0 saturated carbocycles. The van der Waals surface area contributed by atoms with Gasteiger partial charge in [-0.2, -0.15) is 5.26 Å². The molecule has 1 amide bonds. The smallest absolute Gasteiger partial charge is 0.219 e. The third-order valence-corrected chi connectivity index (χ3v) is 7.21. The molecule has 0 unspecified atom stereocenters. The summed E-state index contributed by atoms with van der Waals surface area (Å²) in [6, 6.07) is 5.66. The van der Waals surface area contributed by atoms with Gasteiger partial charge >= 0.3 is 0 Å². The minimum absolute atomic E-state index is 0.133. The molecule has 0 aliphatic carbocycles. The van der Waals surface area contributed by atoms with Crippen LogP contribution in [0.2, 0.25) is 0 Å². The van der Waals surface area contributed by atoms with Gasteiger partial charge < -0.3 is 24.7 Å². The average Bonchev–Trinajstić information content (AvgIpc) is 3.20. The van der Waals surface area contributed by atoms with E-state index in [2.05, 4.69) is 16.0 Å². The molecule has 10 nitrogen and oxygen atoms in total. The van der Waals surface area contributed by atoms with Gasteiger partial charge in [0, 0.05) is 37.5 Å². The second-order valence-corrected chi connectivity index (χ2v) is 9.14. The lowest BCUT2D eigenvalue weighted by Crippen LogP contribution is -2.37. The largest absolute Gasteiger partial charge is 0.493 e. The minimum atomic E-state index is 0.133. The van der Waals surface area contributed by atoms with Crippen LogP contribution in [0.3, 0.4) is 0 Å². The number of aromatic nitrogens is 4. The summed E-state index contributed by atoms with van der Waals surface area (Å²) in [6.07, 6.45) is 4.30. The van der Waals surface area contributed by atoms with Gasteiger partial charge in [-0.15, -0.1) is 0 Å². The van der Waals surface area contributed by atoms with Gasteiger partial charge in [0.25, 0.3) is 0 Å². The number of likely N-dealkylation sites (tertiary alicyclic amines) is 1. The zero-order valence-electron chi connectivity index (χ0n) is 19.4.